The number of aromatic nitrogens is 3. The molecular formula is C20H14BrN3. The largest absolute Gasteiger partial charge is 0.275 e. The maximum absolute atomic E-state index is 4.47. The van der Waals surface area contributed by atoms with Crippen LogP contribution in [-0.2, 0) is 0 Å². The summed E-state index contributed by atoms with van der Waals surface area (Å²) in [6, 6.07) is 28.4. The summed E-state index contributed by atoms with van der Waals surface area (Å²) in [6.45, 7) is 0. The SMILES string of the molecule is Brc1ccc(-c2nnc(-c3ccccc3)n2-c2ccccc2)cc1. The third-order valence-electron chi connectivity index (χ3n) is 3.81. The Bertz CT molecular complexity index is 945. The van der Waals surface area contributed by atoms with Gasteiger partial charge in [0.1, 0.15) is 0 Å². The van der Waals surface area contributed by atoms with Gasteiger partial charge in [-0.15, -0.1) is 10.2 Å². The molecule has 3 aromatic carbocycles. The van der Waals surface area contributed by atoms with Gasteiger partial charge in [0, 0.05) is 21.3 Å². The molecule has 4 heteroatoms. The average Bonchev–Trinajstić information content (AvgIpc) is 3.09. The van der Waals surface area contributed by atoms with Gasteiger partial charge in [0.2, 0.25) is 0 Å². The summed E-state index contributed by atoms with van der Waals surface area (Å²) in [5.74, 6) is 1.66. The van der Waals surface area contributed by atoms with Crippen molar-refractivity contribution < 1.29 is 0 Å². The Balaban J connectivity index is 1.95. The molecule has 0 spiro atoms. The van der Waals surface area contributed by atoms with Crippen LogP contribution in [0.15, 0.2) is 89.4 Å². The fraction of sp³-hybridized carbons (Fsp3) is 0. The van der Waals surface area contributed by atoms with Gasteiger partial charge in [-0.1, -0.05) is 76.6 Å². The zero-order valence-electron chi connectivity index (χ0n) is 12.8. The van der Waals surface area contributed by atoms with Gasteiger partial charge in [0.25, 0.3) is 0 Å². The normalized spacial score (nSPS) is 10.7. The van der Waals surface area contributed by atoms with E-state index >= 15 is 0 Å². The highest BCUT2D eigenvalue weighted by molar-refractivity contribution is 9.10. The third-order valence-corrected chi connectivity index (χ3v) is 4.34. The van der Waals surface area contributed by atoms with Crippen molar-refractivity contribution in [1.29, 1.82) is 0 Å². The standard InChI is InChI=1S/C20H14BrN3/c21-17-13-11-16(12-14-17)20-23-22-19(15-7-3-1-4-8-15)24(20)18-9-5-2-6-10-18/h1-14H. The van der Waals surface area contributed by atoms with Crippen molar-refractivity contribution in [2.75, 3.05) is 0 Å². The van der Waals surface area contributed by atoms with Gasteiger partial charge in [-0.3, -0.25) is 4.57 Å². The molecule has 0 unspecified atom stereocenters. The summed E-state index contributed by atoms with van der Waals surface area (Å²) in [6.07, 6.45) is 0. The topological polar surface area (TPSA) is 30.7 Å². The smallest absolute Gasteiger partial charge is 0.168 e. The number of para-hydroxylation sites is 1. The highest BCUT2D eigenvalue weighted by atomic mass is 79.9. The maximum atomic E-state index is 4.47. The van der Waals surface area contributed by atoms with E-state index in [0.717, 1.165) is 32.9 Å². The molecule has 4 aromatic rings. The zero-order valence-corrected chi connectivity index (χ0v) is 14.4. The second-order valence-electron chi connectivity index (χ2n) is 5.39. The first kappa shape index (κ1) is 14.8. The van der Waals surface area contributed by atoms with Crippen molar-refractivity contribution in [2.45, 2.75) is 0 Å². The van der Waals surface area contributed by atoms with Crippen molar-refractivity contribution in [1.82, 2.24) is 14.8 Å². The van der Waals surface area contributed by atoms with Crippen LogP contribution < -0.4 is 0 Å². The Labute approximate surface area is 148 Å². The zero-order chi connectivity index (χ0) is 16.4. The lowest BCUT2D eigenvalue weighted by molar-refractivity contribution is 1.07. The van der Waals surface area contributed by atoms with Crippen LogP contribution in [0.2, 0.25) is 0 Å². The van der Waals surface area contributed by atoms with Crippen LogP contribution in [0.5, 0.6) is 0 Å². The Morgan fingerprint density at radius 2 is 1.08 bits per heavy atom. The van der Waals surface area contributed by atoms with Crippen molar-refractivity contribution >= 4 is 15.9 Å². The molecule has 0 bridgehead atoms. The van der Waals surface area contributed by atoms with Crippen LogP contribution in [0.3, 0.4) is 0 Å². The molecule has 24 heavy (non-hydrogen) atoms. The van der Waals surface area contributed by atoms with Gasteiger partial charge in [0.15, 0.2) is 11.6 Å². The van der Waals surface area contributed by atoms with E-state index in [0.29, 0.717) is 0 Å². The fourth-order valence-corrected chi connectivity index (χ4v) is 2.93. The van der Waals surface area contributed by atoms with Crippen molar-refractivity contribution in [2.24, 2.45) is 0 Å². The fourth-order valence-electron chi connectivity index (χ4n) is 2.67. The molecule has 0 radical (unpaired) electrons. The van der Waals surface area contributed by atoms with Crippen LogP contribution >= 0.6 is 15.9 Å². The number of rotatable bonds is 3. The van der Waals surface area contributed by atoms with Crippen molar-refractivity contribution in [3.8, 4) is 28.5 Å². The molecule has 0 atom stereocenters. The van der Waals surface area contributed by atoms with Gasteiger partial charge in [-0.2, -0.15) is 0 Å². The molecule has 1 aromatic heterocycles. The van der Waals surface area contributed by atoms with E-state index in [4.69, 9.17) is 0 Å². The molecule has 116 valence electrons. The number of benzene rings is 3. The van der Waals surface area contributed by atoms with E-state index in [1.807, 2.05) is 60.7 Å². The van der Waals surface area contributed by atoms with E-state index in [1.165, 1.54) is 0 Å². The second-order valence-corrected chi connectivity index (χ2v) is 6.31. The predicted octanol–water partition coefficient (Wildman–Crippen LogP) is 5.36. The maximum Gasteiger partial charge on any atom is 0.168 e. The van der Waals surface area contributed by atoms with Crippen LogP contribution in [0, 0.1) is 0 Å². The first-order valence-electron chi connectivity index (χ1n) is 7.65. The lowest BCUT2D eigenvalue weighted by atomic mass is 10.1. The summed E-state index contributed by atoms with van der Waals surface area (Å²) in [7, 11) is 0. The van der Waals surface area contributed by atoms with Gasteiger partial charge >= 0.3 is 0 Å². The van der Waals surface area contributed by atoms with Crippen molar-refractivity contribution in [3.63, 3.8) is 0 Å². The minimum Gasteiger partial charge on any atom is -0.275 e. The highest BCUT2D eigenvalue weighted by Crippen LogP contribution is 2.28. The molecular weight excluding hydrogens is 362 g/mol. The van der Waals surface area contributed by atoms with Crippen LogP contribution in [-0.4, -0.2) is 14.8 Å². The Morgan fingerprint density at radius 1 is 0.583 bits per heavy atom. The summed E-state index contributed by atoms with van der Waals surface area (Å²) < 4.78 is 3.14. The van der Waals surface area contributed by atoms with Crippen molar-refractivity contribution in [3.05, 3.63) is 89.4 Å². The molecule has 1 heterocycles. The molecule has 4 rings (SSSR count). The molecule has 0 aliphatic rings. The Morgan fingerprint density at radius 3 is 1.67 bits per heavy atom. The predicted molar refractivity (Wildman–Crippen MR) is 99.9 cm³/mol. The van der Waals surface area contributed by atoms with E-state index < -0.39 is 0 Å². The average molecular weight is 376 g/mol. The van der Waals surface area contributed by atoms with E-state index in [2.05, 4.69) is 55.0 Å². The van der Waals surface area contributed by atoms with Crippen LogP contribution in [0.4, 0.5) is 0 Å². The molecule has 0 aliphatic heterocycles. The summed E-state index contributed by atoms with van der Waals surface area (Å²) in [5, 5.41) is 8.93. The number of halogens is 1. The monoisotopic (exact) mass is 375 g/mol. The first-order valence-corrected chi connectivity index (χ1v) is 8.44. The second kappa shape index (κ2) is 6.42. The molecule has 0 aliphatic carbocycles. The molecule has 0 saturated carbocycles. The van der Waals surface area contributed by atoms with E-state index in [1.54, 1.807) is 0 Å². The van der Waals surface area contributed by atoms with Gasteiger partial charge in [-0.05, 0) is 24.3 Å². The van der Waals surface area contributed by atoms with Gasteiger partial charge < -0.3 is 0 Å². The Hall–Kier alpha value is -2.72. The summed E-state index contributed by atoms with van der Waals surface area (Å²) in [4.78, 5) is 0. The molecule has 0 amide bonds. The third kappa shape index (κ3) is 2.76. The number of hydrogen-bond acceptors (Lipinski definition) is 2. The summed E-state index contributed by atoms with van der Waals surface area (Å²) >= 11 is 3.48. The quantitative estimate of drug-likeness (QED) is 0.482. The first-order chi connectivity index (χ1) is 11.8. The number of nitrogens with zero attached hydrogens (tertiary/aromatic N) is 3. The van der Waals surface area contributed by atoms with E-state index in [-0.39, 0.29) is 0 Å². The molecule has 0 N–H and O–H groups in total. The van der Waals surface area contributed by atoms with Crippen LogP contribution in [0.25, 0.3) is 28.5 Å². The Kier molecular flexibility index (Phi) is 3.97. The van der Waals surface area contributed by atoms with Gasteiger partial charge in [-0.25, -0.2) is 0 Å². The molecule has 0 saturated heterocycles. The summed E-state index contributed by atoms with van der Waals surface area (Å²) in [5.41, 5.74) is 3.10. The van der Waals surface area contributed by atoms with Crippen LogP contribution in [0.1, 0.15) is 0 Å². The molecule has 3 nitrogen and oxygen atoms in total. The minimum atomic E-state index is 0.826. The lowest BCUT2D eigenvalue weighted by Gasteiger charge is -2.10. The lowest BCUT2D eigenvalue weighted by Crippen LogP contribution is -2.00. The van der Waals surface area contributed by atoms with E-state index in [9.17, 15) is 0 Å². The highest BCUT2D eigenvalue weighted by Gasteiger charge is 2.16. The minimum absolute atomic E-state index is 0.826. The van der Waals surface area contributed by atoms with Gasteiger partial charge in [0.05, 0.1) is 0 Å². The molecule has 0 fully saturated rings. The number of hydrogen-bond donors (Lipinski definition) is 0.